The highest BCUT2D eigenvalue weighted by atomic mass is 19.1. The molecule has 2 aliphatic rings. The van der Waals surface area contributed by atoms with Gasteiger partial charge in [-0.3, -0.25) is 4.79 Å². The minimum atomic E-state index is -0.738. The van der Waals surface area contributed by atoms with Crippen molar-refractivity contribution in [3.8, 4) is 0 Å². The summed E-state index contributed by atoms with van der Waals surface area (Å²) in [5.74, 6) is 4.35. The van der Waals surface area contributed by atoms with E-state index < -0.39 is 5.82 Å². The zero-order valence-corrected chi connectivity index (χ0v) is 10.9. The van der Waals surface area contributed by atoms with Gasteiger partial charge in [-0.1, -0.05) is 0 Å². The van der Waals surface area contributed by atoms with Gasteiger partial charge in [0, 0.05) is 25.2 Å². The van der Waals surface area contributed by atoms with Gasteiger partial charge in [0.1, 0.15) is 0 Å². The van der Waals surface area contributed by atoms with Crippen LogP contribution in [0.5, 0.6) is 0 Å². The zero-order valence-electron chi connectivity index (χ0n) is 10.9. The molecule has 6 nitrogen and oxygen atoms in total. The topological polar surface area (TPSA) is 91.5 Å². The van der Waals surface area contributed by atoms with Gasteiger partial charge in [-0.05, 0) is 24.8 Å². The van der Waals surface area contributed by atoms with Gasteiger partial charge in [-0.2, -0.15) is 0 Å². The second kappa shape index (κ2) is 4.99. The number of aliphatic hydroxyl groups excluding tert-OH is 1. The van der Waals surface area contributed by atoms with Crippen molar-refractivity contribution < 1.29 is 14.3 Å². The van der Waals surface area contributed by atoms with Crippen molar-refractivity contribution in [3.05, 3.63) is 23.6 Å². The number of aliphatic hydroxyl groups is 1. The Kier molecular flexibility index (Phi) is 3.31. The Hall–Kier alpha value is -1.73. The molecule has 1 saturated heterocycles. The first kappa shape index (κ1) is 13.3. The summed E-state index contributed by atoms with van der Waals surface area (Å²) in [5.41, 5.74) is 2.09. The lowest BCUT2D eigenvalue weighted by molar-refractivity contribution is 0.0748. The van der Waals surface area contributed by atoms with E-state index in [2.05, 4.69) is 10.4 Å². The monoisotopic (exact) mass is 280 g/mol. The maximum Gasteiger partial charge on any atom is 0.257 e. The summed E-state index contributed by atoms with van der Waals surface area (Å²) < 4.78 is 14.0. The van der Waals surface area contributed by atoms with Gasteiger partial charge < -0.3 is 15.4 Å². The van der Waals surface area contributed by atoms with E-state index in [1.54, 1.807) is 4.90 Å². The molecule has 2 heterocycles. The number of halogens is 1. The lowest BCUT2D eigenvalue weighted by Crippen LogP contribution is -2.32. The summed E-state index contributed by atoms with van der Waals surface area (Å²) in [6.07, 6.45) is 2.71. The third kappa shape index (κ3) is 2.03. The number of likely N-dealkylation sites (tertiary alicyclic amines) is 1. The summed E-state index contributed by atoms with van der Waals surface area (Å²) in [6, 6.07) is 1.35. The van der Waals surface area contributed by atoms with Crippen LogP contribution in [0.1, 0.15) is 23.2 Å². The van der Waals surface area contributed by atoms with E-state index in [1.165, 1.54) is 12.3 Å². The molecule has 1 aromatic rings. The van der Waals surface area contributed by atoms with E-state index in [1.807, 2.05) is 0 Å². The Balaban J connectivity index is 1.81. The van der Waals surface area contributed by atoms with Crippen LogP contribution >= 0.6 is 0 Å². The molecule has 0 spiro atoms. The smallest absolute Gasteiger partial charge is 0.257 e. The molecule has 20 heavy (non-hydrogen) atoms. The summed E-state index contributed by atoms with van der Waals surface area (Å²) in [5, 5.41) is 9.86. The van der Waals surface area contributed by atoms with Crippen LogP contribution in [-0.2, 0) is 0 Å². The van der Waals surface area contributed by atoms with E-state index in [0.717, 1.165) is 12.8 Å². The van der Waals surface area contributed by atoms with Crippen molar-refractivity contribution >= 4 is 11.7 Å². The van der Waals surface area contributed by atoms with Gasteiger partial charge in [0.25, 0.3) is 5.91 Å². The Bertz CT molecular complexity index is 539. The van der Waals surface area contributed by atoms with Gasteiger partial charge in [-0.15, -0.1) is 0 Å². The molecule has 1 aromatic heterocycles. The second-order valence-electron chi connectivity index (χ2n) is 5.44. The third-order valence-electron chi connectivity index (χ3n) is 4.36. The molecule has 0 radical (unpaired) electrons. The number of pyridine rings is 1. The molecule has 7 heteroatoms. The van der Waals surface area contributed by atoms with Crippen LogP contribution in [0.2, 0.25) is 0 Å². The summed E-state index contributed by atoms with van der Waals surface area (Å²) >= 11 is 0. The Labute approximate surface area is 115 Å². The lowest BCUT2D eigenvalue weighted by atomic mass is 10.00. The minimum absolute atomic E-state index is 0.0394. The number of aromatic nitrogens is 1. The number of carbonyl (C=O) groups is 1. The van der Waals surface area contributed by atoms with Crippen LogP contribution < -0.4 is 11.3 Å². The largest absolute Gasteiger partial charge is 0.393 e. The van der Waals surface area contributed by atoms with Crippen molar-refractivity contribution in [3.63, 3.8) is 0 Å². The molecular weight excluding hydrogens is 263 g/mol. The van der Waals surface area contributed by atoms with Crippen molar-refractivity contribution in [2.75, 3.05) is 18.5 Å². The average Bonchev–Trinajstić information content (AvgIpc) is 3.01. The van der Waals surface area contributed by atoms with Crippen LogP contribution in [-0.4, -0.2) is 40.1 Å². The van der Waals surface area contributed by atoms with Crippen LogP contribution in [0.25, 0.3) is 0 Å². The quantitative estimate of drug-likeness (QED) is 0.537. The van der Waals surface area contributed by atoms with Gasteiger partial charge in [0.2, 0.25) is 0 Å². The second-order valence-corrected chi connectivity index (χ2v) is 5.44. The first-order valence-electron chi connectivity index (χ1n) is 6.70. The van der Waals surface area contributed by atoms with E-state index in [9.17, 15) is 14.3 Å². The zero-order chi connectivity index (χ0) is 14.3. The third-order valence-corrected chi connectivity index (χ3v) is 4.36. The number of fused-ring (bicyclic) bond motifs is 1. The van der Waals surface area contributed by atoms with Crippen LogP contribution in [0.4, 0.5) is 10.2 Å². The number of nitrogens with two attached hydrogens (primary N) is 1. The molecule has 3 unspecified atom stereocenters. The highest BCUT2D eigenvalue weighted by molar-refractivity contribution is 5.95. The Morgan fingerprint density at radius 1 is 1.50 bits per heavy atom. The molecule has 108 valence electrons. The summed E-state index contributed by atoms with van der Waals surface area (Å²) in [4.78, 5) is 17.7. The molecule has 4 N–H and O–H groups in total. The predicted molar refractivity (Wildman–Crippen MR) is 70.1 cm³/mol. The highest BCUT2D eigenvalue weighted by Gasteiger charge is 2.43. The number of hydrogen-bond acceptors (Lipinski definition) is 5. The van der Waals surface area contributed by atoms with E-state index >= 15 is 0 Å². The number of nitrogen functional groups attached to an aromatic ring is 1. The summed E-state index contributed by atoms with van der Waals surface area (Å²) in [6.45, 7) is 1.06. The van der Waals surface area contributed by atoms with Gasteiger partial charge in [-0.25, -0.2) is 15.2 Å². The predicted octanol–water partition coefficient (Wildman–Crippen LogP) is 0.349. The maximum absolute atomic E-state index is 14.0. The van der Waals surface area contributed by atoms with Crippen molar-refractivity contribution in [2.45, 2.75) is 18.9 Å². The fraction of sp³-hybridized carbons (Fsp3) is 0.538. The number of hydrogen-bond donors (Lipinski definition) is 3. The molecule has 1 saturated carbocycles. The highest BCUT2D eigenvalue weighted by Crippen LogP contribution is 2.38. The van der Waals surface area contributed by atoms with Crippen molar-refractivity contribution in [1.29, 1.82) is 0 Å². The lowest BCUT2D eigenvalue weighted by Gasteiger charge is -2.19. The molecule has 3 rings (SSSR count). The number of carbonyl (C=O) groups excluding carboxylic acids is 1. The van der Waals surface area contributed by atoms with Gasteiger partial charge in [0.05, 0.1) is 11.7 Å². The average molecular weight is 280 g/mol. The van der Waals surface area contributed by atoms with Crippen molar-refractivity contribution in [2.24, 2.45) is 17.7 Å². The number of nitrogens with one attached hydrogen (secondary N) is 1. The summed E-state index contributed by atoms with van der Waals surface area (Å²) in [7, 11) is 0. The van der Waals surface area contributed by atoms with Crippen molar-refractivity contribution in [1.82, 2.24) is 9.88 Å². The number of amides is 1. The number of nitrogens with zero attached hydrogens (tertiary/aromatic N) is 2. The molecule has 1 amide bonds. The SMILES string of the molecule is NNc1nccc(C(=O)N2CC3CCC(O)C3C2)c1F. The Morgan fingerprint density at radius 2 is 2.30 bits per heavy atom. The maximum atomic E-state index is 14.0. The molecule has 1 aliphatic carbocycles. The Morgan fingerprint density at radius 3 is 3.00 bits per heavy atom. The van der Waals surface area contributed by atoms with E-state index in [4.69, 9.17) is 5.84 Å². The van der Waals surface area contributed by atoms with E-state index in [0.29, 0.717) is 19.0 Å². The normalized spacial score (nSPS) is 28.6. The molecule has 1 aliphatic heterocycles. The number of rotatable bonds is 2. The fourth-order valence-corrected chi connectivity index (χ4v) is 3.28. The minimum Gasteiger partial charge on any atom is -0.393 e. The molecule has 0 bridgehead atoms. The standard InChI is InChI=1S/C13H17FN4O2/c14-11-8(3-4-16-12(11)17-15)13(20)18-5-7-1-2-10(19)9(7)6-18/h3-4,7,9-10,19H,1-2,5-6,15H2,(H,16,17). The van der Waals surface area contributed by atoms with Gasteiger partial charge in [0.15, 0.2) is 11.6 Å². The number of hydrazine groups is 1. The number of anilines is 1. The molecule has 3 atom stereocenters. The van der Waals surface area contributed by atoms with E-state index in [-0.39, 0.29) is 29.3 Å². The van der Waals surface area contributed by atoms with Crippen LogP contribution in [0.15, 0.2) is 12.3 Å². The molecule has 0 aromatic carbocycles. The fourth-order valence-electron chi connectivity index (χ4n) is 3.28. The van der Waals surface area contributed by atoms with Crippen LogP contribution in [0, 0.1) is 17.7 Å². The first-order chi connectivity index (χ1) is 9.61. The molecular formula is C13H17FN4O2. The van der Waals surface area contributed by atoms with Gasteiger partial charge >= 0.3 is 0 Å². The first-order valence-corrected chi connectivity index (χ1v) is 6.70. The molecule has 2 fully saturated rings. The van der Waals surface area contributed by atoms with Crippen LogP contribution in [0.3, 0.4) is 0 Å².